The van der Waals surface area contributed by atoms with Crippen LogP contribution < -0.4 is 5.32 Å². The Hall–Kier alpha value is -1.84. The van der Waals surface area contributed by atoms with Gasteiger partial charge >= 0.3 is 0 Å². The summed E-state index contributed by atoms with van der Waals surface area (Å²) in [6.07, 6.45) is 2.88. The summed E-state index contributed by atoms with van der Waals surface area (Å²) in [6, 6.07) is 6.93. The van der Waals surface area contributed by atoms with Crippen molar-refractivity contribution < 1.29 is 4.39 Å². The van der Waals surface area contributed by atoms with E-state index in [1.54, 1.807) is 0 Å². The molecule has 0 aliphatic heterocycles. The van der Waals surface area contributed by atoms with E-state index in [0.29, 0.717) is 0 Å². The van der Waals surface area contributed by atoms with Crippen molar-refractivity contribution in [2.24, 2.45) is 0 Å². The van der Waals surface area contributed by atoms with Gasteiger partial charge in [-0.1, -0.05) is 12.1 Å². The van der Waals surface area contributed by atoms with Crippen LogP contribution in [0, 0.1) is 12.7 Å². The first-order valence-corrected chi connectivity index (χ1v) is 6.08. The molecule has 0 amide bonds. The summed E-state index contributed by atoms with van der Waals surface area (Å²) in [4.78, 5) is 4.40. The highest BCUT2D eigenvalue weighted by atomic mass is 19.1. The van der Waals surface area contributed by atoms with E-state index in [4.69, 9.17) is 0 Å². The predicted molar refractivity (Wildman–Crippen MR) is 71.3 cm³/mol. The van der Waals surface area contributed by atoms with Gasteiger partial charge in [0.25, 0.3) is 0 Å². The molecule has 1 unspecified atom stereocenters. The maximum Gasteiger partial charge on any atom is 0.203 e. The van der Waals surface area contributed by atoms with Gasteiger partial charge in [-0.2, -0.15) is 0 Å². The molecule has 4 heteroatoms. The zero-order chi connectivity index (χ0) is 13.1. The molecule has 3 nitrogen and oxygen atoms in total. The number of rotatable bonds is 4. The number of aryl methyl sites for hydroxylation is 1. The summed E-state index contributed by atoms with van der Waals surface area (Å²) in [6.45, 7) is 4.10. The van der Waals surface area contributed by atoms with E-state index in [-0.39, 0.29) is 11.9 Å². The third-order valence-corrected chi connectivity index (χ3v) is 3.00. The first-order valence-electron chi connectivity index (χ1n) is 6.08. The number of nitrogens with zero attached hydrogens (tertiary/aromatic N) is 2. The van der Waals surface area contributed by atoms with E-state index < -0.39 is 0 Å². The molecule has 1 N–H and O–H groups in total. The Morgan fingerprint density at radius 3 is 2.61 bits per heavy atom. The van der Waals surface area contributed by atoms with Gasteiger partial charge in [0.2, 0.25) is 5.95 Å². The highest BCUT2D eigenvalue weighted by Gasteiger charge is 2.11. The maximum absolute atomic E-state index is 12.8. The topological polar surface area (TPSA) is 29.9 Å². The Morgan fingerprint density at radius 1 is 1.33 bits per heavy atom. The lowest BCUT2D eigenvalue weighted by Gasteiger charge is -2.16. The molecular weight excluding hydrogens is 229 g/mol. The van der Waals surface area contributed by atoms with Crippen molar-refractivity contribution in [2.45, 2.75) is 26.3 Å². The standard InChI is InChI=1S/C14H18FN3/c1-10-9-18(14(16-3)17-10)11(2)8-12-4-6-13(15)7-5-12/h4-7,9,11H,8H2,1-3H3,(H,16,17). The molecule has 1 heterocycles. The summed E-state index contributed by atoms with van der Waals surface area (Å²) >= 11 is 0. The van der Waals surface area contributed by atoms with Crippen molar-refractivity contribution >= 4 is 5.95 Å². The van der Waals surface area contributed by atoms with Crippen LogP contribution in [0.5, 0.6) is 0 Å². The fourth-order valence-corrected chi connectivity index (χ4v) is 2.10. The number of nitrogens with one attached hydrogen (secondary N) is 1. The minimum Gasteiger partial charge on any atom is -0.359 e. The number of benzene rings is 1. The molecule has 0 spiro atoms. The van der Waals surface area contributed by atoms with Crippen molar-refractivity contribution in [3.8, 4) is 0 Å². The van der Waals surface area contributed by atoms with Gasteiger partial charge < -0.3 is 9.88 Å². The lowest BCUT2D eigenvalue weighted by Crippen LogP contribution is -2.10. The molecule has 0 fully saturated rings. The molecule has 1 aromatic heterocycles. The van der Waals surface area contributed by atoms with Crippen LogP contribution in [-0.4, -0.2) is 16.6 Å². The smallest absolute Gasteiger partial charge is 0.203 e. The lowest BCUT2D eigenvalue weighted by atomic mass is 10.1. The second-order valence-electron chi connectivity index (χ2n) is 4.54. The van der Waals surface area contributed by atoms with Crippen molar-refractivity contribution in [3.05, 3.63) is 47.5 Å². The summed E-state index contributed by atoms with van der Waals surface area (Å²) in [7, 11) is 1.86. The largest absolute Gasteiger partial charge is 0.359 e. The lowest BCUT2D eigenvalue weighted by molar-refractivity contribution is 0.548. The minimum absolute atomic E-state index is 0.194. The van der Waals surface area contributed by atoms with Gasteiger partial charge in [0.05, 0.1) is 5.69 Å². The molecule has 18 heavy (non-hydrogen) atoms. The second-order valence-corrected chi connectivity index (χ2v) is 4.54. The Balaban J connectivity index is 2.16. The monoisotopic (exact) mass is 247 g/mol. The molecule has 0 radical (unpaired) electrons. The van der Waals surface area contributed by atoms with Gasteiger partial charge in [0.1, 0.15) is 5.82 Å². The third-order valence-electron chi connectivity index (χ3n) is 3.00. The van der Waals surface area contributed by atoms with Crippen LogP contribution in [-0.2, 0) is 6.42 Å². The predicted octanol–water partition coefficient (Wildman–Crippen LogP) is 3.18. The van der Waals surface area contributed by atoms with Crippen LogP contribution in [0.1, 0.15) is 24.2 Å². The van der Waals surface area contributed by atoms with E-state index in [2.05, 4.69) is 21.8 Å². The molecule has 0 aliphatic rings. The Kier molecular flexibility index (Phi) is 3.65. The summed E-state index contributed by atoms with van der Waals surface area (Å²) in [5.41, 5.74) is 2.11. The van der Waals surface area contributed by atoms with Gasteiger partial charge in [-0.15, -0.1) is 0 Å². The van der Waals surface area contributed by atoms with E-state index in [1.165, 1.54) is 12.1 Å². The van der Waals surface area contributed by atoms with Gasteiger partial charge in [0.15, 0.2) is 0 Å². The first kappa shape index (κ1) is 12.6. The Labute approximate surface area is 107 Å². The highest BCUT2D eigenvalue weighted by Crippen LogP contribution is 2.19. The fourth-order valence-electron chi connectivity index (χ4n) is 2.10. The molecule has 0 bridgehead atoms. The normalized spacial score (nSPS) is 12.4. The van der Waals surface area contributed by atoms with Gasteiger partial charge in [0, 0.05) is 19.3 Å². The first-order chi connectivity index (χ1) is 8.60. The van der Waals surface area contributed by atoms with E-state index in [9.17, 15) is 4.39 Å². The zero-order valence-corrected chi connectivity index (χ0v) is 10.9. The van der Waals surface area contributed by atoms with Crippen molar-refractivity contribution in [1.82, 2.24) is 9.55 Å². The molecule has 0 aliphatic carbocycles. The average Bonchev–Trinajstić information content (AvgIpc) is 2.73. The quantitative estimate of drug-likeness (QED) is 0.899. The molecule has 2 rings (SSSR count). The SMILES string of the molecule is CNc1nc(C)cn1C(C)Cc1ccc(F)cc1. The number of hydrogen-bond donors (Lipinski definition) is 1. The average molecular weight is 247 g/mol. The molecule has 0 saturated carbocycles. The molecule has 1 atom stereocenters. The Bertz CT molecular complexity index is 516. The summed E-state index contributed by atoms with van der Waals surface area (Å²) in [5, 5.41) is 3.08. The van der Waals surface area contributed by atoms with Crippen LogP contribution >= 0.6 is 0 Å². The zero-order valence-electron chi connectivity index (χ0n) is 10.9. The van der Waals surface area contributed by atoms with E-state index in [1.807, 2.05) is 32.3 Å². The molecular formula is C14H18FN3. The van der Waals surface area contributed by atoms with Crippen LogP contribution in [0.4, 0.5) is 10.3 Å². The molecule has 0 saturated heterocycles. The number of anilines is 1. The van der Waals surface area contributed by atoms with Crippen LogP contribution in [0.3, 0.4) is 0 Å². The van der Waals surface area contributed by atoms with E-state index >= 15 is 0 Å². The van der Waals surface area contributed by atoms with Crippen molar-refractivity contribution in [3.63, 3.8) is 0 Å². The second kappa shape index (κ2) is 5.21. The number of hydrogen-bond acceptors (Lipinski definition) is 2. The van der Waals surface area contributed by atoms with Crippen molar-refractivity contribution in [2.75, 3.05) is 12.4 Å². The van der Waals surface area contributed by atoms with E-state index in [0.717, 1.165) is 23.6 Å². The van der Waals surface area contributed by atoms with Crippen molar-refractivity contribution in [1.29, 1.82) is 0 Å². The van der Waals surface area contributed by atoms with Gasteiger partial charge in [-0.05, 0) is 38.0 Å². The minimum atomic E-state index is -0.194. The highest BCUT2D eigenvalue weighted by molar-refractivity contribution is 5.29. The van der Waals surface area contributed by atoms with Crippen LogP contribution in [0.15, 0.2) is 30.5 Å². The molecule has 96 valence electrons. The van der Waals surface area contributed by atoms with Crippen LogP contribution in [0.25, 0.3) is 0 Å². The summed E-state index contributed by atoms with van der Waals surface area (Å²) in [5.74, 6) is 0.669. The molecule has 1 aromatic carbocycles. The van der Waals surface area contributed by atoms with Gasteiger partial charge in [-0.3, -0.25) is 0 Å². The van der Waals surface area contributed by atoms with Crippen LogP contribution in [0.2, 0.25) is 0 Å². The number of imidazole rings is 1. The summed E-state index contributed by atoms with van der Waals surface area (Å²) < 4.78 is 15.0. The maximum atomic E-state index is 12.8. The Morgan fingerprint density at radius 2 is 2.00 bits per heavy atom. The van der Waals surface area contributed by atoms with Gasteiger partial charge in [-0.25, -0.2) is 9.37 Å². The fraction of sp³-hybridized carbons (Fsp3) is 0.357. The number of aromatic nitrogens is 2. The third kappa shape index (κ3) is 2.70. The number of halogens is 1. The molecule has 2 aromatic rings.